The van der Waals surface area contributed by atoms with Crippen molar-refractivity contribution < 1.29 is 28.0 Å². The fourth-order valence-corrected chi connectivity index (χ4v) is 3.62. The Balaban J connectivity index is 1.45. The third kappa shape index (κ3) is 5.14. The van der Waals surface area contributed by atoms with Crippen LogP contribution in [0, 0.1) is 5.82 Å². The highest BCUT2D eigenvalue weighted by atomic mass is 31.2. The molecule has 0 amide bonds. The molecule has 3 N–H and O–H groups in total. The van der Waals surface area contributed by atoms with Gasteiger partial charge in [0.15, 0.2) is 11.7 Å². The normalized spacial score (nSPS) is 16.3. The highest BCUT2D eigenvalue weighted by Crippen LogP contribution is 2.37. The number of halogens is 1. The first-order chi connectivity index (χ1) is 15.2. The van der Waals surface area contributed by atoms with Crippen molar-refractivity contribution in [3.8, 4) is 11.1 Å². The molecule has 3 heterocycles. The summed E-state index contributed by atoms with van der Waals surface area (Å²) in [7, 11) is -2.79. The third-order valence-corrected chi connectivity index (χ3v) is 5.21. The number of nitrogens with one attached hydrogen (secondary N) is 1. The van der Waals surface area contributed by atoms with Gasteiger partial charge in [0.1, 0.15) is 17.7 Å². The Kier molecular flexibility index (Phi) is 5.98. The average molecular weight is 461 g/mol. The Bertz CT molecular complexity index is 1180. The molecule has 1 atom stereocenters. The molecule has 0 saturated carbocycles. The number of aromatic nitrogens is 3. The number of hydrogen-bond acceptors (Lipinski definition) is 7. The van der Waals surface area contributed by atoms with Crippen LogP contribution < -0.4 is 10.2 Å². The van der Waals surface area contributed by atoms with Crippen molar-refractivity contribution in [3.05, 3.63) is 67.1 Å². The first-order valence-electron chi connectivity index (χ1n) is 9.54. The molecule has 0 bridgehead atoms. The van der Waals surface area contributed by atoms with Crippen LogP contribution in [0.1, 0.15) is 0 Å². The Hall–Kier alpha value is -3.24. The van der Waals surface area contributed by atoms with Crippen LogP contribution >= 0.6 is 7.82 Å². The molecule has 10 nitrogen and oxygen atoms in total. The Morgan fingerprint density at radius 3 is 2.75 bits per heavy atom. The molecular formula is C20H21FN5O5P. The van der Waals surface area contributed by atoms with Gasteiger partial charge in [-0.05, 0) is 36.9 Å². The maximum absolute atomic E-state index is 14.9. The summed E-state index contributed by atoms with van der Waals surface area (Å²) < 4.78 is 37.4. The SMILES string of the molecule is C=C1O[C@@H](COP(=O)(O)O)CN1c1ccc(-c2ccc(Nc3ccn(C)n3)nc2)c(F)c1. The summed E-state index contributed by atoms with van der Waals surface area (Å²) in [6, 6.07) is 9.98. The van der Waals surface area contributed by atoms with Gasteiger partial charge >= 0.3 is 7.82 Å². The average Bonchev–Trinajstić information content (AvgIpc) is 3.31. The van der Waals surface area contributed by atoms with Crippen LogP contribution in [-0.2, 0) is 20.9 Å². The lowest BCUT2D eigenvalue weighted by molar-refractivity contribution is 0.0888. The summed E-state index contributed by atoms with van der Waals surface area (Å²) in [6.07, 6.45) is 2.73. The summed E-state index contributed by atoms with van der Waals surface area (Å²) in [5.41, 5.74) is 1.47. The zero-order valence-corrected chi connectivity index (χ0v) is 17.9. The van der Waals surface area contributed by atoms with Crippen molar-refractivity contribution >= 4 is 25.1 Å². The van der Waals surface area contributed by atoms with Crippen LogP contribution in [0.25, 0.3) is 11.1 Å². The van der Waals surface area contributed by atoms with Gasteiger partial charge in [0.25, 0.3) is 0 Å². The van der Waals surface area contributed by atoms with Gasteiger partial charge in [-0.2, -0.15) is 5.10 Å². The second-order valence-corrected chi connectivity index (χ2v) is 8.37. The molecule has 1 aromatic carbocycles. The van der Waals surface area contributed by atoms with Crippen molar-refractivity contribution in [1.29, 1.82) is 0 Å². The number of ether oxygens (including phenoxy) is 1. The minimum Gasteiger partial charge on any atom is -0.472 e. The van der Waals surface area contributed by atoms with E-state index in [0.29, 0.717) is 28.5 Å². The quantitative estimate of drug-likeness (QED) is 0.456. The maximum Gasteiger partial charge on any atom is 0.469 e. The van der Waals surface area contributed by atoms with Gasteiger partial charge in [0.05, 0.1) is 13.2 Å². The van der Waals surface area contributed by atoms with Crippen LogP contribution in [0.4, 0.5) is 21.7 Å². The number of aryl methyl sites for hydroxylation is 1. The molecule has 1 aliphatic rings. The molecule has 1 saturated heterocycles. The van der Waals surface area contributed by atoms with Crippen LogP contribution in [-0.4, -0.2) is 43.8 Å². The lowest BCUT2D eigenvalue weighted by Crippen LogP contribution is -2.23. The number of anilines is 3. The fraction of sp³-hybridized carbons (Fsp3) is 0.200. The summed E-state index contributed by atoms with van der Waals surface area (Å²) in [5.74, 6) is 1.01. The minimum absolute atomic E-state index is 0.215. The van der Waals surface area contributed by atoms with Crippen molar-refractivity contribution in [2.75, 3.05) is 23.4 Å². The van der Waals surface area contributed by atoms with Crippen molar-refractivity contribution in [3.63, 3.8) is 0 Å². The van der Waals surface area contributed by atoms with E-state index in [0.717, 1.165) is 0 Å². The van der Waals surface area contributed by atoms with E-state index in [1.807, 2.05) is 13.1 Å². The number of phosphoric acid groups is 1. The summed E-state index contributed by atoms with van der Waals surface area (Å²) in [6.45, 7) is 3.67. The Morgan fingerprint density at radius 2 is 2.12 bits per heavy atom. The van der Waals surface area contributed by atoms with E-state index < -0.39 is 19.7 Å². The second kappa shape index (κ2) is 8.71. The van der Waals surface area contributed by atoms with Crippen molar-refractivity contribution in [2.45, 2.75) is 6.10 Å². The molecule has 0 spiro atoms. The van der Waals surface area contributed by atoms with Gasteiger partial charge in [-0.15, -0.1) is 0 Å². The van der Waals surface area contributed by atoms with E-state index in [4.69, 9.17) is 14.5 Å². The zero-order chi connectivity index (χ0) is 22.9. The lowest BCUT2D eigenvalue weighted by atomic mass is 10.1. The molecule has 0 radical (unpaired) electrons. The molecule has 168 valence electrons. The molecule has 4 rings (SSSR count). The van der Waals surface area contributed by atoms with Gasteiger partial charge in [0, 0.05) is 42.3 Å². The number of phosphoric ester groups is 1. The van der Waals surface area contributed by atoms with Crippen molar-refractivity contribution in [1.82, 2.24) is 14.8 Å². The molecule has 1 aliphatic heterocycles. The van der Waals surface area contributed by atoms with E-state index in [1.165, 1.54) is 6.07 Å². The number of benzene rings is 1. The Morgan fingerprint density at radius 1 is 1.31 bits per heavy atom. The van der Waals surface area contributed by atoms with Gasteiger partial charge in [-0.1, -0.05) is 0 Å². The third-order valence-electron chi connectivity index (χ3n) is 4.73. The van der Waals surface area contributed by atoms with Crippen LogP contribution in [0.5, 0.6) is 0 Å². The van der Waals surface area contributed by atoms with E-state index in [2.05, 4.69) is 26.5 Å². The lowest BCUT2D eigenvalue weighted by Gasteiger charge is -2.17. The standard InChI is InChI=1S/C20H21FN5O5P/c1-13-26(11-16(31-13)12-30-32(27,28)29)15-4-5-17(18(21)9-15)14-3-6-19(22-10-14)23-20-7-8-25(2)24-20/h3-10,16H,1,11-12H2,2H3,(H,22,23,24)(H2,27,28,29)/t16-/m1/s1. The predicted molar refractivity (Wildman–Crippen MR) is 115 cm³/mol. The number of pyridine rings is 1. The highest BCUT2D eigenvalue weighted by molar-refractivity contribution is 7.46. The smallest absolute Gasteiger partial charge is 0.469 e. The first kappa shape index (κ1) is 22.0. The van der Waals surface area contributed by atoms with Crippen LogP contribution in [0.3, 0.4) is 0 Å². The molecule has 3 aromatic rings. The first-order valence-corrected chi connectivity index (χ1v) is 11.1. The number of nitrogens with zero attached hydrogens (tertiary/aromatic N) is 4. The molecule has 1 fully saturated rings. The second-order valence-electron chi connectivity index (χ2n) is 7.13. The molecule has 32 heavy (non-hydrogen) atoms. The van der Waals surface area contributed by atoms with E-state index >= 15 is 0 Å². The van der Waals surface area contributed by atoms with E-state index in [1.54, 1.807) is 46.2 Å². The largest absolute Gasteiger partial charge is 0.472 e. The minimum atomic E-state index is -4.60. The summed E-state index contributed by atoms with van der Waals surface area (Å²) in [4.78, 5) is 23.6. The van der Waals surface area contributed by atoms with E-state index in [-0.39, 0.29) is 19.0 Å². The maximum atomic E-state index is 14.9. The number of hydrogen-bond donors (Lipinski definition) is 3. The van der Waals surface area contributed by atoms with Crippen LogP contribution in [0.2, 0.25) is 0 Å². The topological polar surface area (TPSA) is 122 Å². The van der Waals surface area contributed by atoms with Gasteiger partial charge in [-0.3, -0.25) is 9.21 Å². The fourth-order valence-electron chi connectivity index (χ4n) is 3.26. The molecule has 0 unspecified atom stereocenters. The monoisotopic (exact) mass is 461 g/mol. The van der Waals surface area contributed by atoms with Crippen molar-refractivity contribution in [2.24, 2.45) is 7.05 Å². The Labute approximate surface area is 183 Å². The van der Waals surface area contributed by atoms with Gasteiger partial charge in [0.2, 0.25) is 0 Å². The predicted octanol–water partition coefficient (Wildman–Crippen LogP) is 3.15. The highest BCUT2D eigenvalue weighted by Gasteiger charge is 2.30. The van der Waals surface area contributed by atoms with Gasteiger partial charge in [-0.25, -0.2) is 13.9 Å². The molecule has 2 aromatic heterocycles. The summed E-state index contributed by atoms with van der Waals surface area (Å²) >= 11 is 0. The van der Waals surface area contributed by atoms with E-state index in [9.17, 15) is 8.96 Å². The molecule has 12 heteroatoms. The number of rotatable bonds is 7. The zero-order valence-electron chi connectivity index (χ0n) is 17.1. The van der Waals surface area contributed by atoms with Crippen LogP contribution in [0.15, 0.2) is 61.3 Å². The molecular weight excluding hydrogens is 440 g/mol. The summed E-state index contributed by atoms with van der Waals surface area (Å²) in [5, 5.41) is 7.29. The molecule has 0 aliphatic carbocycles. The van der Waals surface area contributed by atoms with Gasteiger partial charge < -0.3 is 24.7 Å².